The number of rotatable bonds is 26. The van der Waals surface area contributed by atoms with Gasteiger partial charge in [0.2, 0.25) is 13.5 Å². The molecule has 4 heterocycles. The van der Waals surface area contributed by atoms with E-state index in [1.165, 1.54) is 6.42 Å². The highest BCUT2D eigenvalue weighted by Crippen LogP contribution is 2.00. The van der Waals surface area contributed by atoms with Crippen molar-refractivity contribution >= 4 is 0 Å². The predicted octanol–water partition coefficient (Wildman–Crippen LogP) is 3.91. The van der Waals surface area contributed by atoms with Crippen LogP contribution >= 0.6 is 0 Å². The van der Waals surface area contributed by atoms with Gasteiger partial charge in [-0.3, -0.25) is 0 Å². The zero-order chi connectivity index (χ0) is 43.0. The molecule has 0 aromatic carbocycles. The van der Waals surface area contributed by atoms with Gasteiger partial charge in [-0.15, -0.1) is 37.5 Å². The van der Waals surface area contributed by atoms with Crippen molar-refractivity contribution in [1.29, 1.82) is 0 Å². The van der Waals surface area contributed by atoms with Crippen LogP contribution in [-0.2, 0) is 82.2 Å². The Morgan fingerprint density at radius 1 is 0.550 bits per heavy atom. The van der Waals surface area contributed by atoms with E-state index in [9.17, 15) is 0 Å². The van der Waals surface area contributed by atoms with Crippen LogP contribution in [0.3, 0.4) is 0 Å². The number of ether oxygens (including phenoxy) is 6. The van der Waals surface area contributed by atoms with Crippen LogP contribution in [0.25, 0.3) is 0 Å². The van der Waals surface area contributed by atoms with Crippen LogP contribution in [0.15, 0.2) is 49.6 Å². The smallest absolute Gasteiger partial charge is 0.213 e. The van der Waals surface area contributed by atoms with E-state index < -0.39 is 0 Å². The molecule has 4 aromatic heterocycles. The second-order valence-corrected chi connectivity index (χ2v) is 13.9. The van der Waals surface area contributed by atoms with E-state index in [1.54, 1.807) is 32.9 Å². The first-order valence-electron chi connectivity index (χ1n) is 20.6. The standard InChI is InChI=1S/C17H32N6O4.C9H16N6.2C7H15O.2CH4/c1-16(12-24-3)26-14-22-10-8-20(18-22)6-5-7-21-9-11-23(19-21)15-27-17(2)13-25-4;1-12-6-8-14(10-12)4-3-5-15-9-7-13(2)11-15;2*1-4-6-7(3)8-5-2;;/h8-11,16-17H,5-7,12-15H2,1-4H3;6-9H,3-5H2,1-2H3;7H,2,4-6H2,1,3H3;7H,1,4-6H2,2-3H3;2*1H4/q2*+2;2*+1;;. The molecule has 4 atom stereocenters. The molecule has 0 aliphatic carbocycles. The first kappa shape index (κ1) is 58.2. The zero-order valence-electron chi connectivity index (χ0n) is 37.5. The molecule has 18 nitrogen and oxygen atoms in total. The molecule has 0 spiro atoms. The summed E-state index contributed by atoms with van der Waals surface area (Å²) in [4.78, 5) is 0. The van der Waals surface area contributed by atoms with E-state index in [1.807, 2.05) is 103 Å². The lowest BCUT2D eigenvalue weighted by Gasteiger charge is -2.08. The van der Waals surface area contributed by atoms with Gasteiger partial charge in [0.15, 0.2) is 56.2 Å². The molecule has 0 saturated carbocycles. The van der Waals surface area contributed by atoms with E-state index >= 15 is 0 Å². The predicted molar refractivity (Wildman–Crippen MR) is 231 cm³/mol. The summed E-state index contributed by atoms with van der Waals surface area (Å²) < 4.78 is 46.6. The Labute approximate surface area is 363 Å². The summed E-state index contributed by atoms with van der Waals surface area (Å²) in [5, 5.41) is 17.4. The van der Waals surface area contributed by atoms with Gasteiger partial charge in [-0.2, -0.15) is 0 Å². The molecule has 0 aliphatic heterocycles. The Kier molecular flexibility index (Phi) is 35.7. The molecule has 18 heteroatoms. The lowest BCUT2D eigenvalue weighted by atomic mass is 10.2. The maximum Gasteiger partial charge on any atom is 0.213 e. The highest BCUT2D eigenvalue weighted by atomic mass is 16.5. The third kappa shape index (κ3) is 29.3. The minimum atomic E-state index is 0. The molecule has 0 bridgehead atoms. The van der Waals surface area contributed by atoms with Crippen molar-refractivity contribution in [3.8, 4) is 0 Å². The zero-order valence-corrected chi connectivity index (χ0v) is 37.5. The van der Waals surface area contributed by atoms with Crippen molar-refractivity contribution in [3.05, 3.63) is 63.4 Å². The summed E-state index contributed by atoms with van der Waals surface area (Å²) in [6.45, 7) is 26.4. The molecule has 60 heavy (non-hydrogen) atoms. The summed E-state index contributed by atoms with van der Waals surface area (Å²) in [7, 11) is 7.17. The van der Waals surface area contributed by atoms with Gasteiger partial charge in [0.1, 0.15) is 40.3 Å². The maximum absolute atomic E-state index is 5.64. The second kappa shape index (κ2) is 36.9. The highest BCUT2D eigenvalue weighted by molar-refractivity contribution is 4.62. The molecular weight excluding hydrogens is 769 g/mol. The van der Waals surface area contributed by atoms with Crippen LogP contribution in [0.2, 0.25) is 0 Å². The van der Waals surface area contributed by atoms with Gasteiger partial charge in [0.05, 0.1) is 78.8 Å². The molecule has 0 radical (unpaired) electrons. The first-order valence-corrected chi connectivity index (χ1v) is 20.6. The minimum absolute atomic E-state index is 0. The number of methoxy groups -OCH3 is 2. The molecule has 344 valence electrons. The number of aryl methyl sites for hydroxylation is 6. The van der Waals surface area contributed by atoms with Gasteiger partial charge in [-0.25, -0.2) is 0 Å². The van der Waals surface area contributed by atoms with E-state index in [0.717, 1.165) is 64.9 Å². The number of nitrogens with zero attached hydrogens (tertiary/aromatic N) is 12. The van der Waals surface area contributed by atoms with Gasteiger partial charge in [-0.05, 0) is 41.0 Å². The van der Waals surface area contributed by atoms with Crippen LogP contribution in [0, 0.1) is 13.8 Å². The number of hydrogen-bond acceptors (Lipinski definition) is 10. The summed E-state index contributed by atoms with van der Waals surface area (Å²) in [5.74, 6) is 0. The van der Waals surface area contributed by atoms with Crippen molar-refractivity contribution in [2.75, 3.05) is 40.6 Å². The Morgan fingerprint density at radius 3 is 1.28 bits per heavy atom. The van der Waals surface area contributed by atoms with Crippen LogP contribution < -0.4 is 18.7 Å². The SMILES string of the molecule is C.C.COCC(C)OC[n+]1ccn(CCCn2cc[n+](COC(C)COC)n2)n1.C[n+]1ccn(CCCn2cc[n+](C)n2)n1.[CH2+]CCC(C)OCC.[CH2+]COC(C)CCC. The fourth-order valence-electron chi connectivity index (χ4n) is 5.27. The Bertz CT molecular complexity index is 1390. The highest BCUT2D eigenvalue weighted by Gasteiger charge is 2.12. The van der Waals surface area contributed by atoms with Crippen LogP contribution in [-0.4, -0.2) is 105 Å². The lowest BCUT2D eigenvalue weighted by molar-refractivity contribution is -0.788. The van der Waals surface area contributed by atoms with Crippen molar-refractivity contribution in [2.45, 2.75) is 159 Å². The number of hydrogen-bond donors (Lipinski definition) is 0. The number of aromatic nitrogens is 12. The normalized spacial score (nSPS) is 12.6. The summed E-state index contributed by atoms with van der Waals surface area (Å²) >= 11 is 0. The monoisotopic (exact) mass is 855 g/mol. The van der Waals surface area contributed by atoms with Gasteiger partial charge in [0, 0.05) is 40.1 Å². The Morgan fingerprint density at radius 2 is 0.950 bits per heavy atom. The quantitative estimate of drug-likeness (QED) is 0.0675. The van der Waals surface area contributed by atoms with E-state index in [4.69, 9.17) is 28.4 Å². The van der Waals surface area contributed by atoms with Gasteiger partial charge >= 0.3 is 0 Å². The van der Waals surface area contributed by atoms with Gasteiger partial charge in [-0.1, -0.05) is 28.2 Å². The van der Waals surface area contributed by atoms with Crippen LogP contribution in [0.5, 0.6) is 0 Å². The van der Waals surface area contributed by atoms with Crippen LogP contribution in [0.4, 0.5) is 0 Å². The fraction of sp³-hybridized carbons (Fsp3) is 0.762. The molecule has 4 aromatic rings. The van der Waals surface area contributed by atoms with Crippen molar-refractivity contribution in [1.82, 2.24) is 39.6 Å². The molecular formula is C42H86N12O6+6. The topological polar surface area (TPSA) is 142 Å². The molecule has 0 N–H and O–H groups in total. The fourth-order valence-corrected chi connectivity index (χ4v) is 5.27. The third-order valence-electron chi connectivity index (χ3n) is 8.20. The van der Waals surface area contributed by atoms with E-state index in [0.29, 0.717) is 45.5 Å². The van der Waals surface area contributed by atoms with Crippen molar-refractivity contribution in [2.24, 2.45) is 14.1 Å². The summed E-state index contributed by atoms with van der Waals surface area (Å²) in [5.41, 5.74) is 0. The summed E-state index contributed by atoms with van der Waals surface area (Å²) in [6, 6.07) is 0. The minimum Gasteiger partial charge on any atom is -0.382 e. The van der Waals surface area contributed by atoms with Crippen molar-refractivity contribution < 1.29 is 47.1 Å². The molecule has 4 rings (SSSR count). The summed E-state index contributed by atoms with van der Waals surface area (Å²) in [6.07, 6.45) is 22.8. The molecule has 0 fully saturated rings. The van der Waals surface area contributed by atoms with E-state index in [-0.39, 0.29) is 27.1 Å². The molecule has 4 unspecified atom stereocenters. The maximum atomic E-state index is 5.64. The molecule has 0 saturated heterocycles. The lowest BCUT2D eigenvalue weighted by Crippen LogP contribution is -2.39. The largest absolute Gasteiger partial charge is 0.382 e. The van der Waals surface area contributed by atoms with Gasteiger partial charge in [0.25, 0.3) is 0 Å². The first-order chi connectivity index (χ1) is 28.0. The molecule has 0 aliphatic rings. The third-order valence-corrected chi connectivity index (χ3v) is 8.20. The average Bonchev–Trinajstić information content (AvgIpc) is 4.01. The van der Waals surface area contributed by atoms with E-state index in [2.05, 4.69) is 55.5 Å². The van der Waals surface area contributed by atoms with Crippen molar-refractivity contribution in [3.63, 3.8) is 0 Å². The Balaban J connectivity index is 0. The Hall–Kier alpha value is -3.94. The second-order valence-electron chi connectivity index (χ2n) is 13.9. The van der Waals surface area contributed by atoms with Gasteiger partial charge < -0.3 is 28.4 Å². The average molecular weight is 855 g/mol. The molecule has 0 amide bonds. The van der Waals surface area contributed by atoms with Crippen LogP contribution in [0.1, 0.15) is 94.9 Å².